The van der Waals surface area contributed by atoms with Gasteiger partial charge in [0, 0.05) is 61.4 Å². The summed E-state index contributed by atoms with van der Waals surface area (Å²) in [6, 6.07) is 86.6. The lowest BCUT2D eigenvalue weighted by Gasteiger charge is -2.29. The Balaban J connectivity index is 0.984. The Labute approximate surface area is 385 Å². The van der Waals surface area contributed by atoms with E-state index in [-0.39, 0.29) is 5.41 Å². The van der Waals surface area contributed by atoms with Crippen molar-refractivity contribution in [1.82, 2.24) is 4.57 Å². The van der Waals surface area contributed by atoms with Crippen LogP contribution in [0.15, 0.2) is 237 Å². The molecule has 2 heterocycles. The summed E-state index contributed by atoms with van der Waals surface area (Å²) >= 11 is 0. The Morgan fingerprint density at radius 3 is 1.58 bits per heavy atom. The Morgan fingerprint density at radius 2 is 0.848 bits per heavy atom. The highest BCUT2D eigenvalue weighted by Crippen LogP contribution is 2.58. The topological polar surface area (TPSA) is 11.4 Å². The number of aromatic nitrogens is 1. The third-order valence-electron chi connectivity index (χ3n) is 14.0. The van der Waals surface area contributed by atoms with Crippen LogP contribution in [0.4, 0.5) is 34.1 Å². The van der Waals surface area contributed by atoms with Crippen LogP contribution in [0.5, 0.6) is 0 Å². The van der Waals surface area contributed by atoms with E-state index in [0.717, 1.165) is 34.1 Å². The van der Waals surface area contributed by atoms with Gasteiger partial charge >= 0.3 is 0 Å². The summed E-state index contributed by atoms with van der Waals surface area (Å²) < 4.78 is 2.56. The molecule has 10 aromatic carbocycles. The molecule has 0 spiro atoms. The van der Waals surface area contributed by atoms with E-state index in [2.05, 4.69) is 265 Å². The third kappa shape index (κ3) is 5.83. The van der Waals surface area contributed by atoms with Crippen LogP contribution >= 0.6 is 0 Å². The zero-order chi connectivity index (χ0) is 43.9. The molecule has 11 aromatic rings. The molecule has 0 saturated heterocycles. The second kappa shape index (κ2) is 14.8. The minimum absolute atomic E-state index is 0.182. The van der Waals surface area contributed by atoms with Gasteiger partial charge in [-0.25, -0.2) is 0 Å². The first-order valence-electron chi connectivity index (χ1n) is 22.9. The fraction of sp³-hybridized carbons (Fsp3) is 0.0476. The van der Waals surface area contributed by atoms with E-state index < -0.39 is 0 Å². The van der Waals surface area contributed by atoms with Gasteiger partial charge in [0.15, 0.2) is 0 Å². The molecule has 1 aromatic heterocycles. The van der Waals surface area contributed by atoms with Crippen molar-refractivity contribution in [3.63, 3.8) is 0 Å². The fourth-order valence-corrected chi connectivity index (χ4v) is 11.0. The van der Waals surface area contributed by atoms with Gasteiger partial charge in [-0.3, -0.25) is 0 Å². The van der Waals surface area contributed by atoms with Crippen LogP contribution in [-0.4, -0.2) is 4.57 Å². The summed E-state index contributed by atoms with van der Waals surface area (Å²) in [5.41, 5.74) is 23.0. The molecule has 0 radical (unpaired) electrons. The minimum Gasteiger partial charge on any atom is -0.310 e. The number of hydrogen-bond donors (Lipinski definition) is 0. The highest BCUT2D eigenvalue weighted by Gasteiger charge is 2.41. The molecule has 3 heteroatoms. The first-order chi connectivity index (χ1) is 32.5. The van der Waals surface area contributed by atoms with E-state index >= 15 is 0 Å². The maximum absolute atomic E-state index is 2.56. The molecule has 0 saturated carbocycles. The lowest BCUT2D eigenvalue weighted by Crippen LogP contribution is -2.15. The number of anilines is 6. The summed E-state index contributed by atoms with van der Waals surface area (Å²) in [6.45, 7) is 4.81. The summed E-state index contributed by atoms with van der Waals surface area (Å²) in [4.78, 5) is 4.72. The monoisotopic (exact) mass is 843 g/mol. The third-order valence-corrected chi connectivity index (χ3v) is 14.0. The summed E-state index contributed by atoms with van der Waals surface area (Å²) in [6.07, 6.45) is 0. The number of benzene rings is 10. The van der Waals surface area contributed by atoms with Crippen LogP contribution in [0.2, 0.25) is 0 Å². The molecule has 0 unspecified atom stereocenters. The molecule has 312 valence electrons. The molecule has 1 aliphatic carbocycles. The Kier molecular flexibility index (Phi) is 8.56. The van der Waals surface area contributed by atoms with Gasteiger partial charge in [0.05, 0.1) is 16.7 Å². The summed E-state index contributed by atoms with van der Waals surface area (Å²) in [5.74, 6) is 0. The van der Waals surface area contributed by atoms with Gasteiger partial charge in [0.2, 0.25) is 0 Å². The average Bonchev–Trinajstić information content (AvgIpc) is 3.79. The maximum atomic E-state index is 2.56. The van der Waals surface area contributed by atoms with Gasteiger partial charge in [-0.2, -0.15) is 0 Å². The Bertz CT molecular complexity index is 3620. The molecular weight excluding hydrogens is 799 g/mol. The SMILES string of the molecule is CC1(C)c2cccc3c2-c2c(cc(-c4ccc(N(c5cccc(-c6ccccc6)c5)c5cccc(N(c6ccccc6)c6ccccc6)c5)cc4)cc21)-n1c2ccccc2c2cccc-3c21. The molecule has 2 aliphatic rings. The van der Waals surface area contributed by atoms with Crippen molar-refractivity contribution < 1.29 is 0 Å². The standard InChI is InChI=1S/C63H45N3/c1-63(2)56-32-17-29-53-55-31-16-30-54-52-28-12-13-33-58(52)66(62(54)55)59-40-45(39-57(63)61(59)60(53)56)43-34-36-48(37-35-43)65(49-25-14-20-44(38-49)42-18-6-3-7-19-42)51-27-15-26-50(41-51)64(46-21-8-4-9-22-46)47-23-10-5-11-24-47/h3-41H,1-2H3. The molecule has 1 aliphatic heterocycles. The van der Waals surface area contributed by atoms with Crippen molar-refractivity contribution in [2.45, 2.75) is 19.3 Å². The van der Waals surface area contributed by atoms with Gasteiger partial charge in [0.1, 0.15) is 0 Å². The molecule has 0 bridgehead atoms. The van der Waals surface area contributed by atoms with E-state index in [1.54, 1.807) is 0 Å². The summed E-state index contributed by atoms with van der Waals surface area (Å²) in [5, 5.41) is 2.57. The smallest absolute Gasteiger partial charge is 0.0619 e. The highest BCUT2D eigenvalue weighted by atomic mass is 15.2. The number of nitrogens with zero attached hydrogens (tertiary/aromatic N) is 3. The first-order valence-corrected chi connectivity index (χ1v) is 22.9. The highest BCUT2D eigenvalue weighted by molar-refractivity contribution is 6.17. The van der Waals surface area contributed by atoms with Crippen molar-refractivity contribution in [2.24, 2.45) is 0 Å². The molecular formula is C63H45N3. The van der Waals surface area contributed by atoms with Crippen LogP contribution in [0.25, 0.3) is 72.0 Å². The van der Waals surface area contributed by atoms with Crippen molar-refractivity contribution in [2.75, 3.05) is 9.80 Å². The number of fused-ring (bicyclic) bond motifs is 5. The van der Waals surface area contributed by atoms with Crippen LogP contribution in [0.3, 0.4) is 0 Å². The molecule has 0 atom stereocenters. The fourth-order valence-electron chi connectivity index (χ4n) is 11.0. The van der Waals surface area contributed by atoms with Crippen molar-refractivity contribution >= 4 is 55.9 Å². The Hall–Kier alpha value is -8.40. The van der Waals surface area contributed by atoms with Gasteiger partial charge in [-0.05, 0) is 129 Å². The summed E-state index contributed by atoms with van der Waals surface area (Å²) in [7, 11) is 0. The van der Waals surface area contributed by atoms with Crippen LogP contribution in [0.1, 0.15) is 25.0 Å². The average molecular weight is 844 g/mol. The number of para-hydroxylation sites is 4. The number of hydrogen-bond acceptors (Lipinski definition) is 2. The van der Waals surface area contributed by atoms with Gasteiger partial charge in [-0.1, -0.05) is 166 Å². The number of rotatable bonds is 8. The van der Waals surface area contributed by atoms with Crippen LogP contribution in [-0.2, 0) is 5.41 Å². The molecule has 3 nitrogen and oxygen atoms in total. The molecule has 0 amide bonds. The minimum atomic E-state index is -0.182. The zero-order valence-corrected chi connectivity index (χ0v) is 36.9. The van der Waals surface area contributed by atoms with Crippen molar-refractivity contribution in [3.05, 3.63) is 248 Å². The van der Waals surface area contributed by atoms with E-state index in [1.165, 1.54) is 83.1 Å². The molecule has 66 heavy (non-hydrogen) atoms. The quantitative estimate of drug-likeness (QED) is 0.151. The van der Waals surface area contributed by atoms with E-state index in [9.17, 15) is 0 Å². The normalized spacial score (nSPS) is 12.8. The van der Waals surface area contributed by atoms with Crippen molar-refractivity contribution in [3.8, 4) is 50.2 Å². The van der Waals surface area contributed by atoms with Crippen LogP contribution in [0, 0.1) is 0 Å². The molecule has 0 N–H and O–H groups in total. The largest absolute Gasteiger partial charge is 0.310 e. The lowest BCUT2D eigenvalue weighted by molar-refractivity contribution is 0.660. The Morgan fingerprint density at radius 1 is 0.333 bits per heavy atom. The predicted octanol–water partition coefficient (Wildman–Crippen LogP) is 17.3. The first kappa shape index (κ1) is 38.1. The van der Waals surface area contributed by atoms with Gasteiger partial charge in [0.25, 0.3) is 0 Å². The lowest BCUT2D eigenvalue weighted by atomic mass is 9.81. The predicted molar refractivity (Wildman–Crippen MR) is 278 cm³/mol. The molecule has 13 rings (SSSR count). The van der Waals surface area contributed by atoms with Gasteiger partial charge in [-0.15, -0.1) is 0 Å². The zero-order valence-electron chi connectivity index (χ0n) is 36.9. The second-order valence-electron chi connectivity index (χ2n) is 18.2. The second-order valence-corrected chi connectivity index (χ2v) is 18.2. The van der Waals surface area contributed by atoms with Crippen LogP contribution < -0.4 is 9.80 Å². The maximum Gasteiger partial charge on any atom is 0.0619 e. The van der Waals surface area contributed by atoms with E-state index in [4.69, 9.17) is 0 Å². The van der Waals surface area contributed by atoms with E-state index in [0.29, 0.717) is 0 Å². The van der Waals surface area contributed by atoms with E-state index in [1.807, 2.05) is 0 Å². The van der Waals surface area contributed by atoms with Crippen molar-refractivity contribution in [1.29, 1.82) is 0 Å². The van der Waals surface area contributed by atoms with Gasteiger partial charge < -0.3 is 14.4 Å². The molecule has 0 fully saturated rings.